The van der Waals surface area contributed by atoms with Crippen LogP contribution in [0.25, 0.3) is 0 Å². The Balaban J connectivity index is 0. The molecule has 0 aromatic heterocycles. The van der Waals surface area contributed by atoms with Gasteiger partial charge in [0, 0.05) is 6.54 Å². The molecule has 0 aromatic carbocycles. The van der Waals surface area contributed by atoms with E-state index in [0.717, 1.165) is 0 Å². The van der Waals surface area contributed by atoms with Gasteiger partial charge in [0.25, 0.3) is 0 Å². The molecule has 1 amide bonds. The lowest BCUT2D eigenvalue weighted by molar-refractivity contribution is -0.106. The van der Waals surface area contributed by atoms with E-state index in [4.69, 9.17) is 15.6 Å². The lowest BCUT2D eigenvalue weighted by Crippen LogP contribution is -2.02. The second-order valence-corrected chi connectivity index (χ2v) is 0.648. The highest BCUT2D eigenvalue weighted by molar-refractivity contribution is 5.42. The van der Waals surface area contributed by atoms with E-state index in [1.54, 1.807) is 0 Å². The molecular weight excluding hydrogens is 96.0 g/mol. The van der Waals surface area contributed by atoms with Crippen LogP contribution >= 0.6 is 0 Å². The fourth-order valence-corrected chi connectivity index (χ4v) is 0. The molecule has 0 aromatic rings. The molecule has 0 atom stereocenters. The van der Waals surface area contributed by atoms with Crippen molar-refractivity contribution in [2.24, 2.45) is 11.5 Å². The average Bonchev–Trinajstić information content (AvgIpc) is 1.69. The zero-order valence-corrected chi connectivity index (χ0v) is 4.00. The fourth-order valence-electron chi connectivity index (χ4n) is 0. The molecule has 5 N–H and O–H groups in total. The van der Waals surface area contributed by atoms with Crippen molar-refractivity contribution in [1.29, 1.82) is 0 Å². The van der Waals surface area contributed by atoms with E-state index in [2.05, 4.69) is 5.73 Å². The van der Waals surface area contributed by atoms with Gasteiger partial charge in [0.1, 0.15) is 0 Å². The van der Waals surface area contributed by atoms with Crippen molar-refractivity contribution in [3.63, 3.8) is 0 Å². The summed E-state index contributed by atoms with van der Waals surface area (Å²) < 4.78 is 0. The number of primary amides is 1. The third-order valence-corrected chi connectivity index (χ3v) is 0.129. The Morgan fingerprint density at radius 2 is 1.86 bits per heavy atom. The molecule has 0 radical (unpaired) electrons. The summed E-state index contributed by atoms with van der Waals surface area (Å²) in [6.45, 7) is 0.472. The second kappa shape index (κ2) is 18.2. The van der Waals surface area contributed by atoms with Gasteiger partial charge in [-0.05, 0) is 0 Å². The SMILES string of the molecule is NC=O.NCCO. The smallest absolute Gasteiger partial charge is 0.204 e. The Labute approximate surface area is 42.1 Å². The number of amides is 1. The van der Waals surface area contributed by atoms with Gasteiger partial charge in [-0.1, -0.05) is 0 Å². The van der Waals surface area contributed by atoms with Gasteiger partial charge in [0.05, 0.1) is 6.61 Å². The van der Waals surface area contributed by atoms with Crippen LogP contribution in [0.2, 0.25) is 0 Å². The normalized spacial score (nSPS) is 6.00. The fraction of sp³-hybridized carbons (Fsp3) is 0.667. The number of carbonyl (C=O) groups is 1. The topological polar surface area (TPSA) is 89.3 Å². The molecule has 0 bridgehead atoms. The van der Waals surface area contributed by atoms with E-state index in [1.807, 2.05) is 0 Å². The highest BCUT2D eigenvalue weighted by Crippen LogP contribution is 1.33. The lowest BCUT2D eigenvalue weighted by Gasteiger charge is -1.71. The van der Waals surface area contributed by atoms with Crippen LogP contribution in [0.1, 0.15) is 0 Å². The summed E-state index contributed by atoms with van der Waals surface area (Å²) >= 11 is 0. The first kappa shape index (κ1) is 9.63. The van der Waals surface area contributed by atoms with E-state index >= 15 is 0 Å². The largest absolute Gasteiger partial charge is 0.395 e. The first-order valence-corrected chi connectivity index (χ1v) is 1.79. The number of aliphatic hydroxyl groups excluding tert-OH is 1. The third kappa shape index (κ3) is 407. The maximum Gasteiger partial charge on any atom is 0.204 e. The van der Waals surface area contributed by atoms with E-state index in [9.17, 15) is 0 Å². The summed E-state index contributed by atoms with van der Waals surface area (Å²) in [6.07, 6.45) is 0.250. The summed E-state index contributed by atoms with van der Waals surface area (Å²) in [6, 6.07) is 0. The van der Waals surface area contributed by atoms with Gasteiger partial charge in [-0.3, -0.25) is 4.79 Å². The van der Waals surface area contributed by atoms with Crippen LogP contribution in [0.5, 0.6) is 0 Å². The summed E-state index contributed by atoms with van der Waals surface area (Å²) in [7, 11) is 0. The first-order valence-electron chi connectivity index (χ1n) is 1.79. The van der Waals surface area contributed by atoms with Crippen molar-refractivity contribution in [3.8, 4) is 0 Å². The Morgan fingerprint density at radius 3 is 1.86 bits per heavy atom. The van der Waals surface area contributed by atoms with Crippen LogP contribution in [-0.2, 0) is 4.79 Å². The highest BCUT2D eigenvalue weighted by atomic mass is 16.3. The Kier molecular flexibility index (Phi) is 25.0. The molecule has 0 rings (SSSR count). The minimum absolute atomic E-state index is 0.0972. The standard InChI is InChI=1S/C2H7NO.CH3NO/c3-1-2-4;2-1-3/h4H,1-3H2;1H,(H2,2,3). The van der Waals surface area contributed by atoms with Gasteiger partial charge in [-0.25, -0.2) is 0 Å². The predicted octanol–water partition coefficient (Wildman–Crippen LogP) is -1.96. The molecule has 0 heterocycles. The quantitative estimate of drug-likeness (QED) is 0.339. The van der Waals surface area contributed by atoms with Crippen molar-refractivity contribution >= 4 is 6.41 Å². The lowest BCUT2D eigenvalue weighted by atomic mass is 10.8. The van der Waals surface area contributed by atoms with Gasteiger partial charge >= 0.3 is 0 Å². The minimum atomic E-state index is 0.0972. The monoisotopic (exact) mass is 106 g/mol. The molecule has 44 valence electrons. The minimum Gasteiger partial charge on any atom is -0.395 e. The number of hydrogen-bond donors (Lipinski definition) is 3. The Bertz CT molecular complexity index is 30.1. The number of aliphatic hydroxyl groups is 1. The maximum atomic E-state index is 8.58. The van der Waals surface area contributed by atoms with Crippen molar-refractivity contribution in [2.45, 2.75) is 0 Å². The molecule has 0 aliphatic rings. The molecule has 0 saturated heterocycles. The van der Waals surface area contributed by atoms with Crippen molar-refractivity contribution in [2.75, 3.05) is 13.2 Å². The zero-order chi connectivity index (χ0) is 6.12. The molecule has 7 heavy (non-hydrogen) atoms. The number of hydrogen-bond acceptors (Lipinski definition) is 3. The Morgan fingerprint density at radius 1 is 1.71 bits per heavy atom. The van der Waals surface area contributed by atoms with Crippen LogP contribution in [0, 0.1) is 0 Å². The third-order valence-electron chi connectivity index (χ3n) is 0.129. The van der Waals surface area contributed by atoms with Crippen LogP contribution in [0.3, 0.4) is 0 Å². The molecule has 0 aliphatic carbocycles. The number of rotatable bonds is 1. The van der Waals surface area contributed by atoms with E-state index in [-0.39, 0.29) is 13.0 Å². The molecule has 0 spiro atoms. The molecule has 4 heteroatoms. The number of carbonyl (C=O) groups excluding carboxylic acids is 1. The Hall–Kier alpha value is -0.610. The molecule has 4 nitrogen and oxygen atoms in total. The molecule has 0 aliphatic heterocycles. The second-order valence-electron chi connectivity index (χ2n) is 0.648. The van der Waals surface area contributed by atoms with Crippen molar-refractivity contribution in [1.82, 2.24) is 0 Å². The average molecular weight is 106 g/mol. The first-order chi connectivity index (χ1) is 3.33. The van der Waals surface area contributed by atoms with E-state index in [0.29, 0.717) is 6.54 Å². The predicted molar refractivity (Wildman–Crippen MR) is 26.4 cm³/mol. The van der Waals surface area contributed by atoms with Gasteiger partial charge in [0.2, 0.25) is 6.41 Å². The molecule has 0 saturated carbocycles. The maximum absolute atomic E-state index is 8.58. The van der Waals surface area contributed by atoms with Crippen LogP contribution in [0.4, 0.5) is 0 Å². The molecular formula is C3H10N2O2. The number of nitrogens with two attached hydrogens (primary N) is 2. The van der Waals surface area contributed by atoms with Crippen LogP contribution in [0.15, 0.2) is 0 Å². The van der Waals surface area contributed by atoms with E-state index in [1.165, 1.54) is 0 Å². The van der Waals surface area contributed by atoms with Gasteiger partial charge in [0.15, 0.2) is 0 Å². The summed E-state index contributed by atoms with van der Waals surface area (Å²) in [5.74, 6) is 0. The summed E-state index contributed by atoms with van der Waals surface area (Å²) in [5, 5.41) is 7.75. The van der Waals surface area contributed by atoms with Gasteiger partial charge < -0.3 is 16.6 Å². The van der Waals surface area contributed by atoms with Crippen molar-refractivity contribution in [3.05, 3.63) is 0 Å². The van der Waals surface area contributed by atoms with Gasteiger partial charge in [-0.15, -0.1) is 0 Å². The zero-order valence-electron chi connectivity index (χ0n) is 4.00. The molecule has 0 fully saturated rings. The highest BCUT2D eigenvalue weighted by Gasteiger charge is 1.56. The molecule has 0 unspecified atom stereocenters. The summed E-state index contributed by atoms with van der Waals surface area (Å²) in [5.41, 5.74) is 8.94. The van der Waals surface area contributed by atoms with Crippen molar-refractivity contribution < 1.29 is 9.90 Å². The van der Waals surface area contributed by atoms with Crippen LogP contribution in [-0.4, -0.2) is 24.7 Å². The van der Waals surface area contributed by atoms with Gasteiger partial charge in [-0.2, -0.15) is 0 Å². The van der Waals surface area contributed by atoms with E-state index < -0.39 is 0 Å². The van der Waals surface area contributed by atoms with Crippen LogP contribution < -0.4 is 11.5 Å². The summed E-state index contributed by atoms with van der Waals surface area (Å²) in [4.78, 5) is 8.58.